The number of rotatable bonds is 6. The van der Waals surface area contributed by atoms with E-state index in [4.69, 9.17) is 12.6 Å². The van der Waals surface area contributed by atoms with Crippen LogP contribution in [0.5, 0.6) is 5.75 Å². The molecule has 0 bridgehead atoms. The fourth-order valence-electron chi connectivity index (χ4n) is 4.32. The molecular weight excluding hydrogens is 300 g/mol. The summed E-state index contributed by atoms with van der Waals surface area (Å²) in [6.45, 7) is 9.21. The molecule has 1 saturated carbocycles. The lowest BCUT2D eigenvalue weighted by Crippen LogP contribution is -2.26. The maximum atomic E-state index is 10.7. The first-order valence-corrected chi connectivity index (χ1v) is 9.93. The normalized spacial score (nSPS) is 25.0. The third-order valence-corrected chi connectivity index (χ3v) is 6.03. The number of unbranched alkanes of at least 4 members (excludes halogenated alkanes) is 2. The maximum absolute atomic E-state index is 10.7. The number of aromatic hydroxyl groups is 1. The Kier molecular flexibility index (Phi) is 6.88. The predicted octanol–water partition coefficient (Wildman–Crippen LogP) is 6.59. The Morgan fingerprint density at radius 1 is 1.22 bits per heavy atom. The zero-order valence-electron chi connectivity index (χ0n) is 15.3. The van der Waals surface area contributed by atoms with Gasteiger partial charge in [-0.15, -0.1) is 12.6 Å². The highest BCUT2D eigenvalue weighted by Crippen LogP contribution is 2.48. The minimum absolute atomic E-state index is 0.455. The smallest absolute Gasteiger partial charge is 0.120 e. The van der Waals surface area contributed by atoms with Crippen LogP contribution in [-0.4, -0.2) is 5.11 Å². The van der Waals surface area contributed by atoms with Crippen molar-refractivity contribution in [2.24, 2.45) is 17.8 Å². The van der Waals surface area contributed by atoms with Crippen molar-refractivity contribution in [3.8, 4) is 5.75 Å². The lowest BCUT2D eigenvalue weighted by atomic mass is 9.67. The van der Waals surface area contributed by atoms with E-state index >= 15 is 0 Å². The molecule has 0 unspecified atom stereocenters. The molecule has 130 valence electrons. The molecule has 1 aromatic carbocycles. The fraction of sp³-hybridized carbons (Fsp3) is 0.714. The summed E-state index contributed by atoms with van der Waals surface area (Å²) in [7, 11) is 0. The number of hydrogen-bond donors (Lipinski definition) is 2. The van der Waals surface area contributed by atoms with Gasteiger partial charge in [0.15, 0.2) is 0 Å². The molecule has 0 saturated heterocycles. The molecule has 0 amide bonds. The SMILES string of the molecule is CCCCCc1cc(O)c([C@@H]2C[C@@H](C)CC[C@H]2C(C)C)c(S)c1. The van der Waals surface area contributed by atoms with E-state index in [0.717, 1.165) is 22.8 Å². The molecule has 2 heteroatoms. The summed E-state index contributed by atoms with van der Waals surface area (Å²) in [5, 5.41) is 10.7. The van der Waals surface area contributed by atoms with Crippen LogP contribution in [0.25, 0.3) is 0 Å². The molecule has 1 fully saturated rings. The highest BCUT2D eigenvalue weighted by Gasteiger charge is 2.34. The van der Waals surface area contributed by atoms with Crippen molar-refractivity contribution in [1.29, 1.82) is 0 Å². The first kappa shape index (κ1) is 18.7. The van der Waals surface area contributed by atoms with Gasteiger partial charge in [-0.1, -0.05) is 47.0 Å². The van der Waals surface area contributed by atoms with E-state index < -0.39 is 0 Å². The van der Waals surface area contributed by atoms with Crippen LogP contribution >= 0.6 is 12.6 Å². The van der Waals surface area contributed by atoms with Crippen LogP contribution in [-0.2, 0) is 6.42 Å². The van der Waals surface area contributed by atoms with Gasteiger partial charge >= 0.3 is 0 Å². The standard InChI is InChI=1S/C21H34OS/c1-5-6-7-8-16-12-19(22)21(20(23)13-16)18-11-15(4)9-10-17(18)14(2)3/h12-15,17-18,22-23H,5-11H2,1-4H3/t15-,17-,18+/m0/s1. The molecule has 3 atom stereocenters. The zero-order chi connectivity index (χ0) is 17.0. The van der Waals surface area contributed by atoms with Gasteiger partial charge in [-0.2, -0.15) is 0 Å². The Balaban J connectivity index is 2.26. The van der Waals surface area contributed by atoms with Crippen molar-refractivity contribution in [1.82, 2.24) is 0 Å². The summed E-state index contributed by atoms with van der Waals surface area (Å²) in [6, 6.07) is 4.20. The summed E-state index contributed by atoms with van der Waals surface area (Å²) in [5.41, 5.74) is 2.34. The van der Waals surface area contributed by atoms with Gasteiger partial charge < -0.3 is 5.11 Å². The second kappa shape index (κ2) is 8.46. The fourth-order valence-corrected chi connectivity index (χ4v) is 4.76. The first-order chi connectivity index (χ1) is 10.9. The highest BCUT2D eigenvalue weighted by molar-refractivity contribution is 7.80. The van der Waals surface area contributed by atoms with Crippen molar-refractivity contribution in [3.05, 3.63) is 23.3 Å². The number of thiol groups is 1. The molecule has 1 aliphatic carbocycles. The molecule has 0 radical (unpaired) electrons. The third-order valence-electron chi connectivity index (χ3n) is 5.66. The molecule has 0 aromatic heterocycles. The zero-order valence-corrected chi connectivity index (χ0v) is 16.2. The maximum Gasteiger partial charge on any atom is 0.120 e. The van der Waals surface area contributed by atoms with E-state index in [-0.39, 0.29) is 0 Å². The van der Waals surface area contributed by atoms with Crippen molar-refractivity contribution in [2.45, 2.75) is 83.5 Å². The average molecular weight is 335 g/mol. The van der Waals surface area contributed by atoms with Gasteiger partial charge in [-0.25, -0.2) is 0 Å². The summed E-state index contributed by atoms with van der Waals surface area (Å²) in [6.07, 6.45) is 8.49. The Morgan fingerprint density at radius 3 is 2.57 bits per heavy atom. The second-order valence-corrected chi connectivity index (χ2v) is 8.42. The van der Waals surface area contributed by atoms with Crippen LogP contribution in [0.2, 0.25) is 0 Å². The van der Waals surface area contributed by atoms with Crippen LogP contribution in [0.15, 0.2) is 17.0 Å². The molecule has 1 nitrogen and oxygen atoms in total. The molecule has 23 heavy (non-hydrogen) atoms. The lowest BCUT2D eigenvalue weighted by Gasteiger charge is -2.38. The molecular formula is C21H34OS. The third kappa shape index (κ3) is 4.68. The van der Waals surface area contributed by atoms with Gasteiger partial charge in [0, 0.05) is 10.5 Å². The van der Waals surface area contributed by atoms with Gasteiger partial charge in [-0.05, 0) is 67.1 Å². The largest absolute Gasteiger partial charge is 0.508 e. The highest BCUT2D eigenvalue weighted by atomic mass is 32.1. The van der Waals surface area contributed by atoms with Crippen LogP contribution < -0.4 is 0 Å². The quantitative estimate of drug-likeness (QED) is 0.444. The second-order valence-electron chi connectivity index (χ2n) is 7.94. The van der Waals surface area contributed by atoms with Gasteiger partial charge in [-0.3, -0.25) is 0 Å². The molecule has 0 aliphatic heterocycles. The van der Waals surface area contributed by atoms with E-state index in [1.807, 2.05) is 6.07 Å². The van der Waals surface area contributed by atoms with Crippen molar-refractivity contribution < 1.29 is 5.11 Å². The number of phenolic OH excluding ortho intramolecular Hbond substituents is 1. The van der Waals surface area contributed by atoms with Crippen LogP contribution in [0.3, 0.4) is 0 Å². The van der Waals surface area contributed by atoms with Crippen molar-refractivity contribution >= 4 is 12.6 Å². The van der Waals surface area contributed by atoms with Gasteiger partial charge in [0.2, 0.25) is 0 Å². The summed E-state index contributed by atoms with van der Waals surface area (Å²) in [5.74, 6) is 2.99. The Bertz CT molecular complexity index is 486. The van der Waals surface area contributed by atoms with Crippen LogP contribution in [0.4, 0.5) is 0 Å². The molecule has 0 spiro atoms. The minimum atomic E-state index is 0.455. The van der Waals surface area contributed by atoms with Gasteiger partial charge in [0.1, 0.15) is 5.75 Å². The summed E-state index contributed by atoms with van der Waals surface area (Å²) < 4.78 is 0. The van der Waals surface area contributed by atoms with Crippen molar-refractivity contribution in [2.75, 3.05) is 0 Å². The van der Waals surface area contributed by atoms with Gasteiger partial charge in [0.05, 0.1) is 0 Å². The van der Waals surface area contributed by atoms with E-state index in [1.54, 1.807) is 0 Å². The van der Waals surface area contributed by atoms with E-state index in [2.05, 4.69) is 33.8 Å². The molecule has 1 N–H and O–H groups in total. The Labute approximate surface area is 148 Å². The number of benzene rings is 1. The van der Waals surface area contributed by atoms with Crippen LogP contribution in [0, 0.1) is 17.8 Å². The average Bonchev–Trinajstić information content (AvgIpc) is 2.46. The van der Waals surface area contributed by atoms with Crippen LogP contribution in [0.1, 0.15) is 83.3 Å². The Hall–Kier alpha value is -0.630. The van der Waals surface area contributed by atoms with E-state index in [0.29, 0.717) is 23.5 Å². The molecule has 0 heterocycles. The Morgan fingerprint density at radius 2 is 1.96 bits per heavy atom. The lowest BCUT2D eigenvalue weighted by molar-refractivity contribution is 0.193. The number of hydrogen-bond acceptors (Lipinski definition) is 2. The number of aryl methyl sites for hydroxylation is 1. The number of phenols is 1. The summed E-state index contributed by atoms with van der Waals surface area (Å²) >= 11 is 4.77. The molecule has 1 aromatic rings. The monoisotopic (exact) mass is 334 g/mol. The van der Waals surface area contributed by atoms with Gasteiger partial charge in [0.25, 0.3) is 0 Å². The topological polar surface area (TPSA) is 20.2 Å². The predicted molar refractivity (Wildman–Crippen MR) is 103 cm³/mol. The van der Waals surface area contributed by atoms with E-state index in [9.17, 15) is 5.11 Å². The minimum Gasteiger partial charge on any atom is -0.508 e. The molecule has 1 aliphatic rings. The first-order valence-electron chi connectivity index (χ1n) is 9.48. The van der Waals surface area contributed by atoms with E-state index in [1.165, 1.54) is 44.1 Å². The summed E-state index contributed by atoms with van der Waals surface area (Å²) in [4.78, 5) is 1.00. The molecule has 2 rings (SSSR count). The van der Waals surface area contributed by atoms with Crippen molar-refractivity contribution in [3.63, 3.8) is 0 Å².